The van der Waals surface area contributed by atoms with E-state index in [0.717, 1.165) is 18.8 Å². The van der Waals surface area contributed by atoms with Gasteiger partial charge in [-0.2, -0.15) is 0 Å². The molecule has 1 atom stereocenters. The van der Waals surface area contributed by atoms with Crippen LogP contribution in [0.5, 0.6) is 0 Å². The summed E-state index contributed by atoms with van der Waals surface area (Å²) in [6, 6.07) is 6.82. The maximum Gasteiger partial charge on any atom is 0.360 e. The molecule has 2 aromatic rings. The molecule has 1 saturated carbocycles. The fourth-order valence-corrected chi connectivity index (χ4v) is 3.79. The average Bonchev–Trinajstić information content (AvgIpc) is 3.49. The van der Waals surface area contributed by atoms with E-state index in [9.17, 15) is 14.4 Å². The molecule has 1 aromatic carbocycles. The summed E-state index contributed by atoms with van der Waals surface area (Å²) in [5.74, 6) is -0.470. The summed E-state index contributed by atoms with van der Waals surface area (Å²) in [6.07, 6.45) is 6.01. The third-order valence-electron chi connectivity index (χ3n) is 5.48. The lowest BCUT2D eigenvalue weighted by Gasteiger charge is -2.32. The highest BCUT2D eigenvalue weighted by Gasteiger charge is 2.36. The van der Waals surface area contributed by atoms with Gasteiger partial charge in [-0.25, -0.2) is 9.48 Å². The molecule has 1 aromatic heterocycles. The van der Waals surface area contributed by atoms with E-state index in [1.807, 2.05) is 0 Å². The minimum Gasteiger partial charge on any atom is -0.464 e. The van der Waals surface area contributed by atoms with E-state index in [2.05, 4.69) is 20.4 Å². The lowest BCUT2D eigenvalue weighted by molar-refractivity contribution is -0.144. The van der Waals surface area contributed by atoms with Gasteiger partial charge in [0.2, 0.25) is 0 Å². The predicted molar refractivity (Wildman–Crippen MR) is 103 cm³/mol. The minimum atomic E-state index is -0.646. The van der Waals surface area contributed by atoms with Crippen LogP contribution in [0.3, 0.4) is 0 Å². The standard InChI is InChI=1S/C20H23N5O4/c1-29-20(28)17-12-25(23-22-17)16-6-2-5-15(10-16)21-18(26)19(27)24-9-3-4-14(11-24)13-7-8-13/h2,5-6,10,12-14H,3-4,7-9,11H2,1H3,(H,21,26). The quantitative estimate of drug-likeness (QED) is 0.621. The number of anilines is 1. The van der Waals surface area contributed by atoms with Crippen molar-refractivity contribution in [1.82, 2.24) is 19.9 Å². The summed E-state index contributed by atoms with van der Waals surface area (Å²) in [5.41, 5.74) is 1.13. The Bertz CT molecular complexity index is 936. The van der Waals surface area contributed by atoms with E-state index < -0.39 is 17.8 Å². The van der Waals surface area contributed by atoms with E-state index in [-0.39, 0.29) is 5.69 Å². The first-order valence-electron chi connectivity index (χ1n) is 9.76. The Morgan fingerprint density at radius 1 is 1.17 bits per heavy atom. The van der Waals surface area contributed by atoms with Gasteiger partial charge in [0, 0.05) is 18.8 Å². The van der Waals surface area contributed by atoms with Crippen LogP contribution in [-0.2, 0) is 14.3 Å². The second kappa shape index (κ2) is 8.02. The van der Waals surface area contributed by atoms with Crippen molar-refractivity contribution in [2.45, 2.75) is 25.7 Å². The number of hydrogen-bond acceptors (Lipinski definition) is 6. The summed E-state index contributed by atoms with van der Waals surface area (Å²) in [6.45, 7) is 1.30. The molecule has 152 valence electrons. The van der Waals surface area contributed by atoms with Crippen LogP contribution in [-0.4, -0.2) is 57.9 Å². The maximum atomic E-state index is 12.6. The minimum absolute atomic E-state index is 0.0763. The van der Waals surface area contributed by atoms with Gasteiger partial charge < -0.3 is 15.0 Å². The number of nitrogens with one attached hydrogen (secondary N) is 1. The van der Waals surface area contributed by atoms with Gasteiger partial charge >= 0.3 is 17.8 Å². The molecule has 1 saturated heterocycles. The van der Waals surface area contributed by atoms with Crippen molar-refractivity contribution in [2.24, 2.45) is 11.8 Å². The van der Waals surface area contributed by atoms with Gasteiger partial charge in [-0.15, -0.1) is 5.10 Å². The number of aromatic nitrogens is 3. The van der Waals surface area contributed by atoms with Crippen LogP contribution in [0.4, 0.5) is 5.69 Å². The first kappa shape index (κ1) is 19.1. The molecule has 9 heteroatoms. The molecule has 2 heterocycles. The Hall–Kier alpha value is -3.23. The van der Waals surface area contributed by atoms with Gasteiger partial charge in [0.25, 0.3) is 0 Å². The highest BCUT2D eigenvalue weighted by molar-refractivity contribution is 6.39. The van der Waals surface area contributed by atoms with Crippen LogP contribution in [0.1, 0.15) is 36.2 Å². The molecule has 2 amide bonds. The molecule has 0 radical (unpaired) electrons. The highest BCUT2D eigenvalue weighted by Crippen LogP contribution is 2.40. The molecule has 1 unspecified atom stereocenters. The lowest BCUT2D eigenvalue weighted by Crippen LogP contribution is -2.45. The molecule has 1 aliphatic heterocycles. The zero-order chi connectivity index (χ0) is 20.4. The van der Waals surface area contributed by atoms with Crippen molar-refractivity contribution < 1.29 is 19.1 Å². The van der Waals surface area contributed by atoms with Crippen LogP contribution in [0.25, 0.3) is 5.69 Å². The molecule has 0 bridgehead atoms. The van der Waals surface area contributed by atoms with Crippen molar-refractivity contribution in [1.29, 1.82) is 0 Å². The monoisotopic (exact) mass is 397 g/mol. The molecular weight excluding hydrogens is 374 g/mol. The molecule has 2 fully saturated rings. The summed E-state index contributed by atoms with van der Waals surface area (Å²) in [7, 11) is 1.27. The molecule has 9 nitrogen and oxygen atoms in total. The maximum absolute atomic E-state index is 12.6. The fourth-order valence-electron chi connectivity index (χ4n) is 3.79. The number of likely N-dealkylation sites (tertiary alicyclic amines) is 1. The van der Waals surface area contributed by atoms with Crippen molar-refractivity contribution in [3.8, 4) is 5.69 Å². The van der Waals surface area contributed by atoms with E-state index in [0.29, 0.717) is 30.4 Å². The Morgan fingerprint density at radius 2 is 2.00 bits per heavy atom. The van der Waals surface area contributed by atoms with Gasteiger partial charge in [-0.05, 0) is 55.7 Å². The zero-order valence-electron chi connectivity index (χ0n) is 16.2. The van der Waals surface area contributed by atoms with E-state index in [1.165, 1.54) is 30.8 Å². The number of esters is 1. The summed E-state index contributed by atoms with van der Waals surface area (Å²) in [5, 5.41) is 10.3. The molecule has 29 heavy (non-hydrogen) atoms. The topological polar surface area (TPSA) is 106 Å². The summed E-state index contributed by atoms with van der Waals surface area (Å²) >= 11 is 0. The third kappa shape index (κ3) is 4.28. The van der Waals surface area contributed by atoms with Crippen molar-refractivity contribution >= 4 is 23.5 Å². The Kier molecular flexibility index (Phi) is 5.28. The van der Waals surface area contributed by atoms with Gasteiger partial charge in [-0.3, -0.25) is 9.59 Å². The number of carbonyl (C=O) groups excluding carboxylic acids is 3. The molecule has 0 spiro atoms. The Labute approximate surface area is 168 Å². The number of benzene rings is 1. The second-order valence-electron chi connectivity index (χ2n) is 7.54. The van der Waals surface area contributed by atoms with Crippen LogP contribution in [0.15, 0.2) is 30.5 Å². The predicted octanol–water partition coefficient (Wildman–Crippen LogP) is 1.64. The van der Waals surface area contributed by atoms with E-state index in [4.69, 9.17) is 0 Å². The van der Waals surface area contributed by atoms with Crippen LogP contribution in [0.2, 0.25) is 0 Å². The van der Waals surface area contributed by atoms with E-state index >= 15 is 0 Å². The number of amides is 2. The second-order valence-corrected chi connectivity index (χ2v) is 7.54. The van der Waals surface area contributed by atoms with E-state index in [1.54, 1.807) is 29.2 Å². The number of hydrogen-bond donors (Lipinski definition) is 1. The lowest BCUT2D eigenvalue weighted by atomic mass is 9.93. The Morgan fingerprint density at radius 3 is 2.76 bits per heavy atom. The smallest absolute Gasteiger partial charge is 0.360 e. The first-order chi connectivity index (χ1) is 14.0. The van der Waals surface area contributed by atoms with Gasteiger partial charge in [-0.1, -0.05) is 11.3 Å². The molecule has 2 aliphatic rings. The average molecular weight is 397 g/mol. The SMILES string of the molecule is COC(=O)c1cn(-c2cccc(NC(=O)C(=O)N3CCCC(C4CC4)C3)c2)nn1. The molecule has 1 aliphatic carbocycles. The Balaban J connectivity index is 1.42. The number of carbonyl (C=O) groups is 3. The number of rotatable bonds is 4. The normalized spacial score (nSPS) is 18.9. The van der Waals surface area contributed by atoms with Crippen LogP contribution >= 0.6 is 0 Å². The number of methoxy groups -OCH3 is 1. The summed E-state index contributed by atoms with van der Waals surface area (Å²) < 4.78 is 6.02. The number of nitrogens with zero attached hydrogens (tertiary/aromatic N) is 4. The number of ether oxygens (including phenoxy) is 1. The van der Waals surface area contributed by atoms with Gasteiger partial charge in [0.1, 0.15) is 0 Å². The van der Waals surface area contributed by atoms with Crippen molar-refractivity contribution in [3.05, 3.63) is 36.2 Å². The largest absolute Gasteiger partial charge is 0.464 e. The van der Waals surface area contributed by atoms with Crippen LogP contribution < -0.4 is 5.32 Å². The van der Waals surface area contributed by atoms with Gasteiger partial charge in [0.05, 0.1) is 19.0 Å². The number of piperidine rings is 1. The molecule has 1 N–H and O–H groups in total. The van der Waals surface area contributed by atoms with Crippen molar-refractivity contribution in [3.63, 3.8) is 0 Å². The fraction of sp³-hybridized carbons (Fsp3) is 0.450. The molecular formula is C20H23N5O4. The third-order valence-corrected chi connectivity index (χ3v) is 5.48. The van der Waals surface area contributed by atoms with Crippen molar-refractivity contribution in [2.75, 3.05) is 25.5 Å². The van der Waals surface area contributed by atoms with Gasteiger partial charge in [0.15, 0.2) is 5.69 Å². The first-order valence-corrected chi connectivity index (χ1v) is 9.76. The highest BCUT2D eigenvalue weighted by atomic mass is 16.5. The zero-order valence-corrected chi connectivity index (χ0v) is 16.2. The van der Waals surface area contributed by atoms with Crippen LogP contribution in [0, 0.1) is 11.8 Å². The molecule has 4 rings (SSSR count). The summed E-state index contributed by atoms with van der Waals surface area (Å²) in [4.78, 5) is 38.3.